The normalized spacial score (nSPS) is 11.6. The smallest absolute Gasteiger partial charge is 0.251 e. The lowest BCUT2D eigenvalue weighted by Crippen LogP contribution is -2.46. The van der Waals surface area contributed by atoms with Crippen LogP contribution in [0.1, 0.15) is 22.2 Å². The quantitative estimate of drug-likeness (QED) is 0.763. The number of nitrogens with zero attached hydrogens (tertiary/aromatic N) is 1. The fraction of sp³-hybridized carbons (Fsp3) is 0.222. The second kappa shape index (κ2) is 8.66. The van der Waals surface area contributed by atoms with Crippen molar-refractivity contribution in [2.24, 2.45) is 0 Å². The summed E-state index contributed by atoms with van der Waals surface area (Å²) < 4.78 is 0.682. The molecule has 0 spiro atoms. The standard InChI is InChI=1S/C18H19ClN2O2S/c1-3-11-21(12-15-9-10-16(19)24-15)18(23)13(2)20-17(22)14-7-5-4-6-8-14/h3-10,13H,1,11-12H2,2H3,(H,20,22). The lowest BCUT2D eigenvalue weighted by atomic mass is 10.2. The van der Waals surface area contributed by atoms with Gasteiger partial charge in [-0.1, -0.05) is 35.9 Å². The van der Waals surface area contributed by atoms with E-state index in [0.29, 0.717) is 23.0 Å². The summed E-state index contributed by atoms with van der Waals surface area (Å²) in [5, 5.41) is 2.74. The SMILES string of the molecule is C=CCN(Cc1ccc(Cl)s1)C(=O)C(C)NC(=O)c1ccccc1. The third kappa shape index (κ3) is 4.94. The van der Waals surface area contributed by atoms with Crippen molar-refractivity contribution in [3.63, 3.8) is 0 Å². The molecule has 0 fully saturated rings. The average molecular weight is 363 g/mol. The molecule has 1 unspecified atom stereocenters. The molecule has 0 radical (unpaired) electrons. The third-order valence-corrected chi connectivity index (χ3v) is 4.61. The van der Waals surface area contributed by atoms with Crippen LogP contribution in [0.5, 0.6) is 0 Å². The van der Waals surface area contributed by atoms with Crippen LogP contribution in [0.2, 0.25) is 4.34 Å². The van der Waals surface area contributed by atoms with Crippen LogP contribution in [0.15, 0.2) is 55.1 Å². The van der Waals surface area contributed by atoms with Gasteiger partial charge in [-0.3, -0.25) is 9.59 Å². The first-order valence-electron chi connectivity index (χ1n) is 7.51. The van der Waals surface area contributed by atoms with Crippen molar-refractivity contribution in [3.05, 3.63) is 69.9 Å². The van der Waals surface area contributed by atoms with E-state index < -0.39 is 6.04 Å². The van der Waals surface area contributed by atoms with Crippen LogP contribution < -0.4 is 5.32 Å². The molecule has 1 N–H and O–H groups in total. The largest absolute Gasteiger partial charge is 0.341 e. The van der Waals surface area contributed by atoms with Gasteiger partial charge in [0, 0.05) is 17.0 Å². The monoisotopic (exact) mass is 362 g/mol. The molecule has 2 aromatic rings. The number of amides is 2. The van der Waals surface area contributed by atoms with E-state index in [2.05, 4.69) is 11.9 Å². The van der Waals surface area contributed by atoms with E-state index in [1.165, 1.54) is 11.3 Å². The van der Waals surface area contributed by atoms with Gasteiger partial charge in [-0.25, -0.2) is 0 Å². The first-order chi connectivity index (χ1) is 11.5. The van der Waals surface area contributed by atoms with E-state index in [0.717, 1.165) is 4.88 Å². The van der Waals surface area contributed by atoms with Gasteiger partial charge >= 0.3 is 0 Å². The maximum Gasteiger partial charge on any atom is 0.251 e. The predicted octanol–water partition coefficient (Wildman–Crippen LogP) is 3.73. The predicted molar refractivity (Wildman–Crippen MR) is 98.3 cm³/mol. The Hall–Kier alpha value is -2.11. The molecule has 2 rings (SSSR count). The number of halogens is 1. The van der Waals surface area contributed by atoms with E-state index in [1.807, 2.05) is 12.1 Å². The Bertz CT molecular complexity index is 715. The van der Waals surface area contributed by atoms with Crippen LogP contribution in [0, 0.1) is 0 Å². The summed E-state index contributed by atoms with van der Waals surface area (Å²) in [6, 6.07) is 11.9. The number of carbonyl (C=O) groups excluding carboxylic acids is 2. The van der Waals surface area contributed by atoms with Crippen molar-refractivity contribution in [1.29, 1.82) is 0 Å². The van der Waals surface area contributed by atoms with Gasteiger partial charge < -0.3 is 10.2 Å². The first kappa shape index (κ1) is 18.2. The van der Waals surface area contributed by atoms with Crippen molar-refractivity contribution in [2.45, 2.75) is 19.5 Å². The number of nitrogens with one attached hydrogen (secondary N) is 1. The Morgan fingerprint density at radius 3 is 2.58 bits per heavy atom. The van der Waals surface area contributed by atoms with Crippen LogP contribution in [-0.2, 0) is 11.3 Å². The topological polar surface area (TPSA) is 49.4 Å². The van der Waals surface area contributed by atoms with Crippen LogP contribution in [0.25, 0.3) is 0 Å². The molecule has 1 heterocycles. The molecule has 2 amide bonds. The van der Waals surface area contributed by atoms with Gasteiger partial charge in [-0.15, -0.1) is 17.9 Å². The number of rotatable bonds is 7. The van der Waals surface area contributed by atoms with Crippen LogP contribution in [0.3, 0.4) is 0 Å². The van der Waals surface area contributed by atoms with E-state index >= 15 is 0 Å². The fourth-order valence-electron chi connectivity index (χ4n) is 2.22. The highest BCUT2D eigenvalue weighted by atomic mass is 35.5. The minimum atomic E-state index is -0.631. The van der Waals surface area contributed by atoms with Crippen LogP contribution in [0.4, 0.5) is 0 Å². The van der Waals surface area contributed by atoms with Crippen molar-refractivity contribution in [3.8, 4) is 0 Å². The molecule has 0 aliphatic rings. The Balaban J connectivity index is 2.02. The van der Waals surface area contributed by atoms with Crippen LogP contribution in [-0.4, -0.2) is 29.3 Å². The molecular formula is C18H19ClN2O2S. The number of hydrogen-bond donors (Lipinski definition) is 1. The van der Waals surface area contributed by atoms with Gasteiger partial charge in [0.1, 0.15) is 6.04 Å². The second-order valence-corrected chi connectivity index (χ2v) is 7.07. The van der Waals surface area contributed by atoms with Crippen molar-refractivity contribution in [2.75, 3.05) is 6.54 Å². The Kier molecular flexibility index (Phi) is 6.58. The lowest BCUT2D eigenvalue weighted by molar-refractivity contribution is -0.132. The number of thiophene rings is 1. The minimum absolute atomic E-state index is 0.163. The first-order valence-corrected chi connectivity index (χ1v) is 8.70. The highest BCUT2D eigenvalue weighted by molar-refractivity contribution is 7.16. The van der Waals surface area contributed by atoms with Crippen LogP contribution >= 0.6 is 22.9 Å². The van der Waals surface area contributed by atoms with E-state index in [-0.39, 0.29) is 11.8 Å². The van der Waals surface area contributed by atoms with E-state index in [9.17, 15) is 9.59 Å². The average Bonchev–Trinajstić information content (AvgIpc) is 2.99. The summed E-state index contributed by atoms with van der Waals surface area (Å²) in [7, 11) is 0. The van der Waals surface area contributed by atoms with Gasteiger partial charge in [0.25, 0.3) is 5.91 Å². The molecule has 0 aliphatic carbocycles. The zero-order chi connectivity index (χ0) is 17.5. The summed E-state index contributed by atoms with van der Waals surface area (Å²) in [4.78, 5) is 27.5. The van der Waals surface area contributed by atoms with Crippen molar-refractivity contribution in [1.82, 2.24) is 10.2 Å². The molecule has 6 heteroatoms. The van der Waals surface area contributed by atoms with Crippen molar-refractivity contribution < 1.29 is 9.59 Å². The molecule has 1 aromatic heterocycles. The molecule has 1 aromatic carbocycles. The molecule has 126 valence electrons. The van der Waals surface area contributed by atoms with Gasteiger partial charge in [0.2, 0.25) is 5.91 Å². The van der Waals surface area contributed by atoms with Gasteiger partial charge in [-0.05, 0) is 31.2 Å². The molecule has 0 aliphatic heterocycles. The molecule has 1 atom stereocenters. The molecule has 0 bridgehead atoms. The van der Waals surface area contributed by atoms with Crippen molar-refractivity contribution >= 4 is 34.8 Å². The lowest BCUT2D eigenvalue weighted by Gasteiger charge is -2.24. The summed E-state index contributed by atoms with van der Waals surface area (Å²) in [6.07, 6.45) is 1.67. The second-order valence-electron chi connectivity index (χ2n) is 5.27. The third-order valence-electron chi connectivity index (χ3n) is 3.39. The molecular weight excluding hydrogens is 344 g/mol. The van der Waals surface area contributed by atoms with E-state index in [4.69, 9.17) is 11.6 Å². The molecule has 24 heavy (non-hydrogen) atoms. The van der Waals surface area contributed by atoms with E-state index in [1.54, 1.807) is 48.2 Å². The Morgan fingerprint density at radius 1 is 1.29 bits per heavy atom. The minimum Gasteiger partial charge on any atom is -0.341 e. The maximum atomic E-state index is 12.6. The molecule has 0 saturated heterocycles. The fourth-order valence-corrected chi connectivity index (χ4v) is 3.32. The summed E-state index contributed by atoms with van der Waals surface area (Å²) >= 11 is 7.37. The molecule has 0 saturated carbocycles. The van der Waals surface area contributed by atoms with Gasteiger partial charge in [-0.2, -0.15) is 0 Å². The van der Waals surface area contributed by atoms with Gasteiger partial charge in [0.15, 0.2) is 0 Å². The Labute approximate surface area is 150 Å². The maximum absolute atomic E-state index is 12.6. The highest BCUT2D eigenvalue weighted by Crippen LogP contribution is 2.23. The highest BCUT2D eigenvalue weighted by Gasteiger charge is 2.22. The Morgan fingerprint density at radius 2 is 2.00 bits per heavy atom. The zero-order valence-corrected chi connectivity index (χ0v) is 14.9. The number of carbonyl (C=O) groups is 2. The number of benzene rings is 1. The number of hydrogen-bond acceptors (Lipinski definition) is 3. The molecule has 4 nitrogen and oxygen atoms in total. The van der Waals surface area contributed by atoms with Gasteiger partial charge in [0.05, 0.1) is 10.9 Å². The summed E-state index contributed by atoms with van der Waals surface area (Å²) in [5.41, 5.74) is 0.525. The summed E-state index contributed by atoms with van der Waals surface area (Å²) in [6.45, 7) is 6.22. The summed E-state index contributed by atoms with van der Waals surface area (Å²) in [5.74, 6) is -0.433. The zero-order valence-electron chi connectivity index (χ0n) is 13.4.